The van der Waals surface area contributed by atoms with Gasteiger partial charge < -0.3 is 5.32 Å². The molecule has 5 heteroatoms. The Morgan fingerprint density at radius 3 is 2.78 bits per heavy atom. The minimum absolute atomic E-state index is 0.151. The molecule has 0 saturated heterocycles. The third-order valence-corrected chi connectivity index (χ3v) is 5.27. The molecule has 100 valence electrons. The second-order valence-corrected chi connectivity index (χ2v) is 7.14. The van der Waals surface area contributed by atoms with E-state index in [0.717, 1.165) is 12.8 Å². The Morgan fingerprint density at radius 1 is 1.33 bits per heavy atom. The van der Waals surface area contributed by atoms with E-state index in [1.165, 1.54) is 15.4 Å². The number of sulfonamides is 1. The average molecular weight is 268 g/mol. The summed E-state index contributed by atoms with van der Waals surface area (Å²) in [7, 11) is 0.0429. The highest BCUT2D eigenvalue weighted by Gasteiger charge is 2.22. The first-order valence-corrected chi connectivity index (χ1v) is 7.83. The molecule has 0 aromatic heterocycles. The number of nitrogens with zero attached hydrogens (tertiary/aromatic N) is 1. The van der Waals surface area contributed by atoms with E-state index in [2.05, 4.69) is 23.5 Å². The fraction of sp³-hybridized carbons (Fsp3) is 0.538. The van der Waals surface area contributed by atoms with Crippen LogP contribution in [0.2, 0.25) is 0 Å². The average Bonchev–Trinajstić information content (AvgIpc) is 2.72. The molecule has 1 atom stereocenters. The molecule has 0 radical (unpaired) electrons. The second kappa shape index (κ2) is 5.38. The molecular weight excluding hydrogens is 248 g/mol. The first kappa shape index (κ1) is 13.5. The third kappa shape index (κ3) is 2.91. The Hall–Kier alpha value is -0.910. The molecule has 1 aromatic carbocycles. The van der Waals surface area contributed by atoms with Crippen molar-refractivity contribution < 1.29 is 8.42 Å². The van der Waals surface area contributed by atoms with Crippen LogP contribution in [0.1, 0.15) is 23.6 Å². The quantitative estimate of drug-likeness (QED) is 0.871. The SMILES string of the molecule is CN(C)S(=O)(=O)CCNC1CCc2ccccc21. The van der Waals surface area contributed by atoms with Gasteiger partial charge in [0.1, 0.15) is 0 Å². The van der Waals surface area contributed by atoms with E-state index in [-0.39, 0.29) is 5.75 Å². The van der Waals surface area contributed by atoms with Crippen molar-refractivity contribution in [1.82, 2.24) is 9.62 Å². The number of hydrogen-bond acceptors (Lipinski definition) is 3. The van der Waals surface area contributed by atoms with Gasteiger partial charge in [0.05, 0.1) is 5.75 Å². The summed E-state index contributed by atoms with van der Waals surface area (Å²) in [5, 5.41) is 3.34. The Balaban J connectivity index is 1.90. The van der Waals surface area contributed by atoms with Crippen LogP contribution in [-0.4, -0.2) is 39.1 Å². The Bertz CT molecular complexity index is 511. The van der Waals surface area contributed by atoms with Crippen LogP contribution in [0.25, 0.3) is 0 Å². The van der Waals surface area contributed by atoms with Crippen LogP contribution in [0.4, 0.5) is 0 Å². The molecule has 0 fully saturated rings. The number of rotatable bonds is 5. The van der Waals surface area contributed by atoms with Crippen LogP contribution >= 0.6 is 0 Å². The number of hydrogen-bond donors (Lipinski definition) is 1. The van der Waals surface area contributed by atoms with E-state index in [1.807, 2.05) is 6.07 Å². The Morgan fingerprint density at radius 2 is 2.06 bits per heavy atom. The number of nitrogens with one attached hydrogen (secondary N) is 1. The van der Waals surface area contributed by atoms with Crippen LogP contribution in [-0.2, 0) is 16.4 Å². The van der Waals surface area contributed by atoms with Gasteiger partial charge in [0.25, 0.3) is 0 Å². The fourth-order valence-electron chi connectivity index (χ4n) is 2.31. The highest BCUT2D eigenvalue weighted by atomic mass is 32.2. The molecule has 1 aliphatic carbocycles. The van der Waals surface area contributed by atoms with Gasteiger partial charge in [-0.2, -0.15) is 0 Å². The zero-order valence-electron chi connectivity index (χ0n) is 10.9. The lowest BCUT2D eigenvalue weighted by Crippen LogP contribution is -2.32. The van der Waals surface area contributed by atoms with Gasteiger partial charge in [-0.15, -0.1) is 0 Å². The van der Waals surface area contributed by atoms with Gasteiger partial charge in [0.15, 0.2) is 0 Å². The van der Waals surface area contributed by atoms with Gasteiger partial charge >= 0.3 is 0 Å². The van der Waals surface area contributed by atoms with Crippen molar-refractivity contribution in [2.45, 2.75) is 18.9 Å². The maximum absolute atomic E-state index is 11.6. The molecule has 0 aliphatic heterocycles. The molecule has 1 N–H and O–H groups in total. The van der Waals surface area contributed by atoms with E-state index in [9.17, 15) is 8.42 Å². The summed E-state index contributed by atoms with van der Waals surface area (Å²) in [6, 6.07) is 8.67. The molecule has 1 aromatic rings. The zero-order chi connectivity index (χ0) is 13.2. The summed E-state index contributed by atoms with van der Waals surface area (Å²) in [6.45, 7) is 0.500. The van der Waals surface area contributed by atoms with Crippen molar-refractivity contribution in [2.75, 3.05) is 26.4 Å². The lowest BCUT2D eigenvalue weighted by molar-refractivity contribution is 0.506. The van der Waals surface area contributed by atoms with Crippen molar-refractivity contribution in [3.05, 3.63) is 35.4 Å². The fourth-order valence-corrected chi connectivity index (χ4v) is 3.05. The first-order valence-electron chi connectivity index (χ1n) is 6.22. The molecule has 0 spiro atoms. The van der Waals surface area contributed by atoms with Crippen molar-refractivity contribution in [3.8, 4) is 0 Å². The highest BCUT2D eigenvalue weighted by molar-refractivity contribution is 7.89. The topological polar surface area (TPSA) is 49.4 Å². The Kier molecular flexibility index (Phi) is 4.04. The summed E-state index contributed by atoms with van der Waals surface area (Å²) in [5.41, 5.74) is 2.70. The zero-order valence-corrected chi connectivity index (χ0v) is 11.7. The number of benzene rings is 1. The predicted octanol–water partition coefficient (Wildman–Crippen LogP) is 1.15. The van der Waals surface area contributed by atoms with Crippen molar-refractivity contribution in [3.63, 3.8) is 0 Å². The molecule has 1 unspecified atom stereocenters. The van der Waals surface area contributed by atoms with E-state index in [1.54, 1.807) is 14.1 Å². The first-order chi connectivity index (χ1) is 8.50. The van der Waals surface area contributed by atoms with Crippen molar-refractivity contribution >= 4 is 10.0 Å². The van der Waals surface area contributed by atoms with Crippen LogP contribution in [0.3, 0.4) is 0 Å². The van der Waals surface area contributed by atoms with Crippen LogP contribution < -0.4 is 5.32 Å². The van der Waals surface area contributed by atoms with Crippen LogP contribution in [0.5, 0.6) is 0 Å². The summed E-state index contributed by atoms with van der Waals surface area (Å²) in [5.74, 6) is 0.151. The molecule has 2 rings (SSSR count). The maximum Gasteiger partial charge on any atom is 0.214 e. The summed E-state index contributed by atoms with van der Waals surface area (Å²) < 4.78 is 24.5. The monoisotopic (exact) mass is 268 g/mol. The largest absolute Gasteiger partial charge is 0.309 e. The van der Waals surface area contributed by atoms with Gasteiger partial charge in [-0.25, -0.2) is 12.7 Å². The summed E-state index contributed by atoms with van der Waals surface area (Å²) >= 11 is 0. The van der Waals surface area contributed by atoms with Crippen LogP contribution in [0.15, 0.2) is 24.3 Å². The Labute approximate surface area is 109 Å². The van der Waals surface area contributed by atoms with Gasteiger partial charge in [-0.3, -0.25) is 0 Å². The normalized spacial score (nSPS) is 19.2. The van der Waals surface area contributed by atoms with Gasteiger partial charge in [-0.05, 0) is 24.0 Å². The predicted molar refractivity (Wildman–Crippen MR) is 73.0 cm³/mol. The molecule has 0 saturated carbocycles. The molecule has 0 amide bonds. The van der Waals surface area contributed by atoms with E-state index in [4.69, 9.17) is 0 Å². The summed E-state index contributed by atoms with van der Waals surface area (Å²) in [6.07, 6.45) is 2.13. The minimum Gasteiger partial charge on any atom is -0.309 e. The van der Waals surface area contributed by atoms with Crippen LogP contribution in [0, 0.1) is 0 Å². The van der Waals surface area contributed by atoms with Gasteiger partial charge in [0.2, 0.25) is 10.0 Å². The lowest BCUT2D eigenvalue weighted by Gasteiger charge is -2.16. The smallest absolute Gasteiger partial charge is 0.214 e. The molecule has 4 nitrogen and oxygen atoms in total. The highest BCUT2D eigenvalue weighted by Crippen LogP contribution is 2.30. The minimum atomic E-state index is -3.10. The second-order valence-electron chi connectivity index (χ2n) is 4.84. The van der Waals surface area contributed by atoms with Crippen molar-refractivity contribution in [1.29, 1.82) is 0 Å². The third-order valence-electron chi connectivity index (χ3n) is 3.44. The standard InChI is InChI=1S/C13H20N2O2S/c1-15(2)18(16,17)10-9-14-13-8-7-11-5-3-4-6-12(11)13/h3-6,13-14H,7-10H2,1-2H3. The molecule has 18 heavy (non-hydrogen) atoms. The van der Waals surface area contributed by atoms with E-state index >= 15 is 0 Å². The molecular formula is C13H20N2O2S. The number of fused-ring (bicyclic) bond motifs is 1. The lowest BCUT2D eigenvalue weighted by atomic mass is 10.1. The van der Waals surface area contributed by atoms with E-state index < -0.39 is 10.0 Å². The molecule has 1 aliphatic rings. The molecule has 0 heterocycles. The molecule has 0 bridgehead atoms. The summed E-state index contributed by atoms with van der Waals surface area (Å²) in [4.78, 5) is 0. The van der Waals surface area contributed by atoms with Gasteiger partial charge in [0, 0.05) is 26.7 Å². The number of aryl methyl sites for hydroxylation is 1. The van der Waals surface area contributed by atoms with Gasteiger partial charge in [-0.1, -0.05) is 24.3 Å². The van der Waals surface area contributed by atoms with E-state index in [0.29, 0.717) is 12.6 Å². The maximum atomic E-state index is 11.6. The van der Waals surface area contributed by atoms with Crippen molar-refractivity contribution in [2.24, 2.45) is 0 Å².